The van der Waals surface area contributed by atoms with Gasteiger partial charge in [0.2, 0.25) is 0 Å². The van der Waals surface area contributed by atoms with Gasteiger partial charge >= 0.3 is 11.9 Å². The third-order valence-electron chi connectivity index (χ3n) is 4.39. The van der Waals surface area contributed by atoms with Crippen molar-refractivity contribution in [1.29, 1.82) is 0 Å². The van der Waals surface area contributed by atoms with Crippen molar-refractivity contribution in [2.75, 3.05) is 31.5 Å². The Morgan fingerprint density at radius 2 is 1.58 bits per heavy atom. The number of piperidine rings is 1. The van der Waals surface area contributed by atoms with Gasteiger partial charge in [-0.3, -0.25) is 0 Å². The molecular formula is C20H26N2O4. The lowest BCUT2D eigenvalue weighted by molar-refractivity contribution is -0.159. The number of aliphatic carboxylic acids is 2. The minimum atomic E-state index is -1.82. The van der Waals surface area contributed by atoms with Gasteiger partial charge < -0.3 is 20.4 Å². The molecule has 2 aromatic carbocycles. The Labute approximate surface area is 153 Å². The fourth-order valence-corrected chi connectivity index (χ4v) is 3.09. The van der Waals surface area contributed by atoms with E-state index >= 15 is 0 Å². The molecule has 3 rings (SSSR count). The molecule has 0 aromatic heterocycles. The molecule has 0 amide bonds. The van der Waals surface area contributed by atoms with Crippen LogP contribution in [0, 0.1) is 0 Å². The number of fused-ring (bicyclic) bond motifs is 1. The lowest BCUT2D eigenvalue weighted by atomic mass is 10.1. The third kappa shape index (κ3) is 6.37. The fourth-order valence-electron chi connectivity index (χ4n) is 3.09. The van der Waals surface area contributed by atoms with Crippen LogP contribution < -0.4 is 5.32 Å². The van der Waals surface area contributed by atoms with Gasteiger partial charge in [-0.15, -0.1) is 0 Å². The minimum absolute atomic E-state index is 1.06. The van der Waals surface area contributed by atoms with Crippen LogP contribution in [-0.2, 0) is 9.59 Å². The molecule has 6 heteroatoms. The third-order valence-corrected chi connectivity index (χ3v) is 4.39. The summed E-state index contributed by atoms with van der Waals surface area (Å²) in [6.07, 6.45) is 5.42. The van der Waals surface area contributed by atoms with E-state index < -0.39 is 11.9 Å². The number of carboxylic acids is 2. The largest absolute Gasteiger partial charge is 0.473 e. The van der Waals surface area contributed by atoms with Gasteiger partial charge in [-0.2, -0.15) is 0 Å². The zero-order valence-electron chi connectivity index (χ0n) is 14.9. The van der Waals surface area contributed by atoms with Gasteiger partial charge in [0.25, 0.3) is 0 Å². The first-order chi connectivity index (χ1) is 12.6. The van der Waals surface area contributed by atoms with E-state index in [2.05, 4.69) is 52.7 Å². The Hall–Kier alpha value is -2.60. The first kappa shape index (κ1) is 19.7. The molecule has 1 aliphatic rings. The molecule has 0 aliphatic carbocycles. The number of likely N-dealkylation sites (tertiary alicyclic amines) is 1. The molecule has 0 saturated carbocycles. The van der Waals surface area contributed by atoms with E-state index in [-0.39, 0.29) is 0 Å². The fraction of sp³-hybridized carbons (Fsp3) is 0.400. The van der Waals surface area contributed by atoms with Gasteiger partial charge in [-0.05, 0) is 50.3 Å². The first-order valence-electron chi connectivity index (χ1n) is 8.98. The van der Waals surface area contributed by atoms with E-state index in [4.69, 9.17) is 19.8 Å². The second kappa shape index (κ2) is 10.4. The normalized spacial score (nSPS) is 14.3. The number of rotatable bonds is 5. The monoisotopic (exact) mass is 358 g/mol. The second-order valence-electron chi connectivity index (χ2n) is 6.32. The predicted molar refractivity (Wildman–Crippen MR) is 103 cm³/mol. The number of carboxylic acid groups (broad SMARTS) is 2. The highest BCUT2D eigenvalue weighted by Crippen LogP contribution is 2.22. The summed E-state index contributed by atoms with van der Waals surface area (Å²) in [5.74, 6) is -3.65. The van der Waals surface area contributed by atoms with E-state index in [9.17, 15) is 0 Å². The van der Waals surface area contributed by atoms with E-state index in [1.165, 1.54) is 61.8 Å². The first-order valence-corrected chi connectivity index (χ1v) is 8.98. The van der Waals surface area contributed by atoms with Crippen LogP contribution in [0.15, 0.2) is 42.5 Å². The van der Waals surface area contributed by atoms with E-state index in [0.717, 1.165) is 6.54 Å². The Bertz CT molecular complexity index is 709. The van der Waals surface area contributed by atoms with Crippen molar-refractivity contribution in [3.8, 4) is 0 Å². The van der Waals surface area contributed by atoms with E-state index in [0.29, 0.717) is 0 Å². The van der Waals surface area contributed by atoms with Crippen LogP contribution >= 0.6 is 0 Å². The Balaban J connectivity index is 0.000000352. The molecule has 1 fully saturated rings. The molecule has 1 aliphatic heterocycles. The van der Waals surface area contributed by atoms with Crippen molar-refractivity contribution in [2.45, 2.75) is 25.7 Å². The highest BCUT2D eigenvalue weighted by Gasteiger charge is 2.09. The molecule has 6 nitrogen and oxygen atoms in total. The number of nitrogens with zero attached hydrogens (tertiary/aromatic N) is 1. The highest BCUT2D eigenvalue weighted by atomic mass is 16.4. The van der Waals surface area contributed by atoms with Crippen molar-refractivity contribution in [2.24, 2.45) is 0 Å². The molecule has 2 aromatic rings. The summed E-state index contributed by atoms with van der Waals surface area (Å²) in [6, 6.07) is 15.1. The number of hydrogen-bond donors (Lipinski definition) is 3. The van der Waals surface area contributed by atoms with Crippen LogP contribution in [0.1, 0.15) is 25.7 Å². The average molecular weight is 358 g/mol. The predicted octanol–water partition coefficient (Wildman–Crippen LogP) is 3.28. The zero-order valence-corrected chi connectivity index (χ0v) is 14.9. The molecule has 0 atom stereocenters. The quantitative estimate of drug-likeness (QED) is 0.561. The summed E-state index contributed by atoms with van der Waals surface area (Å²) in [7, 11) is 0. The van der Waals surface area contributed by atoms with Gasteiger partial charge in [0.15, 0.2) is 0 Å². The molecule has 0 radical (unpaired) electrons. The minimum Gasteiger partial charge on any atom is -0.473 e. The maximum absolute atomic E-state index is 9.10. The number of nitrogens with one attached hydrogen (secondary N) is 1. The average Bonchev–Trinajstić information content (AvgIpc) is 2.66. The topological polar surface area (TPSA) is 89.9 Å². The number of benzene rings is 2. The van der Waals surface area contributed by atoms with E-state index in [1.807, 2.05) is 0 Å². The molecule has 3 N–H and O–H groups in total. The van der Waals surface area contributed by atoms with Crippen LogP contribution in [0.3, 0.4) is 0 Å². The van der Waals surface area contributed by atoms with Gasteiger partial charge in [0, 0.05) is 17.6 Å². The van der Waals surface area contributed by atoms with Crippen LogP contribution in [0.5, 0.6) is 0 Å². The lowest BCUT2D eigenvalue weighted by Gasteiger charge is -2.26. The summed E-state index contributed by atoms with van der Waals surface area (Å²) >= 11 is 0. The summed E-state index contributed by atoms with van der Waals surface area (Å²) in [4.78, 5) is 20.8. The van der Waals surface area contributed by atoms with Crippen molar-refractivity contribution in [3.05, 3.63) is 42.5 Å². The Morgan fingerprint density at radius 1 is 0.923 bits per heavy atom. The second-order valence-corrected chi connectivity index (χ2v) is 6.32. The van der Waals surface area contributed by atoms with Crippen molar-refractivity contribution >= 4 is 28.4 Å². The van der Waals surface area contributed by atoms with E-state index in [1.54, 1.807) is 0 Å². The smallest absolute Gasteiger partial charge is 0.414 e. The van der Waals surface area contributed by atoms with Crippen molar-refractivity contribution < 1.29 is 19.8 Å². The van der Waals surface area contributed by atoms with Crippen LogP contribution in [0.25, 0.3) is 10.8 Å². The number of hydrogen-bond acceptors (Lipinski definition) is 4. The summed E-state index contributed by atoms with van der Waals surface area (Å²) < 4.78 is 0. The molecule has 0 bridgehead atoms. The highest BCUT2D eigenvalue weighted by molar-refractivity contribution is 6.27. The van der Waals surface area contributed by atoms with Gasteiger partial charge in [-0.1, -0.05) is 42.8 Å². The molecule has 0 spiro atoms. The molecule has 140 valence electrons. The lowest BCUT2D eigenvalue weighted by Crippen LogP contribution is -2.31. The zero-order chi connectivity index (χ0) is 18.8. The van der Waals surface area contributed by atoms with Crippen LogP contribution in [-0.4, -0.2) is 53.2 Å². The van der Waals surface area contributed by atoms with Crippen molar-refractivity contribution in [3.63, 3.8) is 0 Å². The number of anilines is 1. The summed E-state index contributed by atoms with van der Waals surface area (Å²) in [6.45, 7) is 4.89. The maximum atomic E-state index is 9.10. The summed E-state index contributed by atoms with van der Waals surface area (Å²) in [5, 5.41) is 21.0. The van der Waals surface area contributed by atoms with Gasteiger partial charge in [0.05, 0.1) is 0 Å². The molecule has 1 heterocycles. The molecule has 1 saturated heterocycles. The van der Waals surface area contributed by atoms with Gasteiger partial charge in [-0.25, -0.2) is 9.59 Å². The standard InChI is InChI=1S/C18H24N2.C2H2O4/c1-4-13-20(14-5-1)15-7-12-19-18-11-6-9-16-8-2-3-10-17(16)18;3-1(4)2(5)6/h2-3,6,8-11,19H,1,4-5,7,12-15H2;(H,3,4)(H,5,6). The van der Waals surface area contributed by atoms with Crippen LogP contribution in [0.4, 0.5) is 5.69 Å². The number of carbonyl (C=O) groups is 2. The summed E-state index contributed by atoms with van der Waals surface area (Å²) in [5.41, 5.74) is 1.27. The van der Waals surface area contributed by atoms with Crippen molar-refractivity contribution in [1.82, 2.24) is 4.90 Å². The van der Waals surface area contributed by atoms with Gasteiger partial charge in [0.1, 0.15) is 0 Å². The Kier molecular flexibility index (Phi) is 7.89. The Morgan fingerprint density at radius 3 is 2.27 bits per heavy atom. The van der Waals surface area contributed by atoms with Crippen LogP contribution in [0.2, 0.25) is 0 Å². The molecular weight excluding hydrogens is 332 g/mol. The SMILES string of the molecule is O=C(O)C(=O)O.c1ccc2c(NCCCN3CCCCC3)cccc2c1. The molecule has 26 heavy (non-hydrogen) atoms. The molecule has 0 unspecified atom stereocenters. The maximum Gasteiger partial charge on any atom is 0.414 e.